The quantitative estimate of drug-likeness (QED) is 0.542. The number of halogens is 2. The van der Waals surface area contributed by atoms with Crippen molar-refractivity contribution < 1.29 is 9.53 Å². The molecule has 0 atom stereocenters. The Kier molecular flexibility index (Phi) is 5.57. The van der Waals surface area contributed by atoms with Gasteiger partial charge in [-0.25, -0.2) is 0 Å². The molecular weight excluding hydrogens is 327 g/mol. The first-order valence-electron chi connectivity index (χ1n) is 6.37. The number of carbonyl (C=O) groups excluding carboxylic acids is 1. The highest BCUT2D eigenvalue weighted by atomic mass is 35.5. The fourth-order valence-electron chi connectivity index (χ4n) is 1.87. The Hall–Kier alpha value is -1.16. The van der Waals surface area contributed by atoms with Crippen molar-refractivity contribution >= 4 is 40.7 Å². The van der Waals surface area contributed by atoms with E-state index >= 15 is 0 Å². The molecule has 0 N–H and O–H groups in total. The van der Waals surface area contributed by atoms with Gasteiger partial charge in [0.15, 0.2) is 5.78 Å². The molecule has 0 bridgehead atoms. The van der Waals surface area contributed by atoms with Crippen molar-refractivity contribution in [2.45, 2.75) is 11.8 Å². The first-order chi connectivity index (χ1) is 10.1. The van der Waals surface area contributed by atoms with Crippen molar-refractivity contribution in [3.8, 4) is 5.75 Å². The van der Waals surface area contributed by atoms with Crippen LogP contribution in [0.15, 0.2) is 41.3 Å². The smallest absolute Gasteiger partial charge is 0.194 e. The standard InChI is InChI=1S/C16H14Cl2O2S/c1-3-20-15-9-13(17)12(8-14(15)18)16(19)10-4-6-11(21-2)7-5-10/h4-9H,3H2,1-2H3. The Morgan fingerprint density at radius 1 is 1.14 bits per heavy atom. The van der Waals surface area contributed by atoms with E-state index in [2.05, 4.69) is 0 Å². The highest BCUT2D eigenvalue weighted by molar-refractivity contribution is 7.98. The van der Waals surface area contributed by atoms with Crippen molar-refractivity contribution in [2.75, 3.05) is 12.9 Å². The zero-order valence-electron chi connectivity index (χ0n) is 11.7. The predicted octanol–water partition coefficient (Wildman–Crippen LogP) is 5.35. The molecule has 110 valence electrons. The lowest BCUT2D eigenvalue weighted by Gasteiger charge is -2.10. The summed E-state index contributed by atoms with van der Waals surface area (Å²) in [6.45, 7) is 2.34. The number of rotatable bonds is 5. The van der Waals surface area contributed by atoms with Gasteiger partial charge in [-0.15, -0.1) is 11.8 Å². The number of carbonyl (C=O) groups is 1. The van der Waals surface area contributed by atoms with Gasteiger partial charge in [-0.05, 0) is 43.5 Å². The molecule has 2 aromatic rings. The van der Waals surface area contributed by atoms with Crippen LogP contribution >= 0.6 is 35.0 Å². The molecule has 0 amide bonds. The highest BCUT2D eigenvalue weighted by Gasteiger charge is 2.16. The second-order valence-corrected chi connectivity index (χ2v) is 5.95. The van der Waals surface area contributed by atoms with Crippen LogP contribution in [0.1, 0.15) is 22.8 Å². The van der Waals surface area contributed by atoms with E-state index in [1.165, 1.54) is 0 Å². The van der Waals surface area contributed by atoms with Gasteiger partial charge in [-0.1, -0.05) is 23.2 Å². The van der Waals surface area contributed by atoms with Gasteiger partial charge < -0.3 is 4.74 Å². The zero-order chi connectivity index (χ0) is 15.4. The molecule has 0 saturated heterocycles. The summed E-state index contributed by atoms with van der Waals surface area (Å²) in [6.07, 6.45) is 1.99. The summed E-state index contributed by atoms with van der Waals surface area (Å²) in [4.78, 5) is 13.6. The Morgan fingerprint density at radius 2 is 1.81 bits per heavy atom. The van der Waals surface area contributed by atoms with Crippen LogP contribution in [0.25, 0.3) is 0 Å². The fourth-order valence-corrected chi connectivity index (χ4v) is 2.73. The minimum Gasteiger partial charge on any atom is -0.492 e. The molecule has 0 spiro atoms. The summed E-state index contributed by atoms with van der Waals surface area (Å²) in [6, 6.07) is 10.5. The van der Waals surface area contributed by atoms with E-state index < -0.39 is 0 Å². The molecule has 0 unspecified atom stereocenters. The summed E-state index contributed by atoms with van der Waals surface area (Å²) in [7, 11) is 0. The van der Waals surface area contributed by atoms with Crippen LogP contribution < -0.4 is 4.74 Å². The van der Waals surface area contributed by atoms with Crippen LogP contribution in [-0.2, 0) is 0 Å². The molecule has 0 fully saturated rings. The third-order valence-corrected chi connectivity index (χ3v) is 4.27. The average molecular weight is 341 g/mol. The number of ether oxygens (including phenoxy) is 1. The molecule has 0 aromatic heterocycles. The predicted molar refractivity (Wildman–Crippen MR) is 89.3 cm³/mol. The van der Waals surface area contributed by atoms with Gasteiger partial charge in [0, 0.05) is 22.1 Å². The Bertz CT molecular complexity index is 654. The molecule has 0 aliphatic rings. The third kappa shape index (κ3) is 3.73. The summed E-state index contributed by atoms with van der Waals surface area (Å²) in [5.74, 6) is 0.330. The number of benzene rings is 2. The van der Waals surface area contributed by atoms with Crippen LogP contribution in [0.4, 0.5) is 0 Å². The molecule has 0 heterocycles. The molecule has 2 nitrogen and oxygen atoms in total. The van der Waals surface area contributed by atoms with Gasteiger partial charge in [0.2, 0.25) is 0 Å². The molecule has 5 heteroatoms. The van der Waals surface area contributed by atoms with Crippen LogP contribution in [-0.4, -0.2) is 18.6 Å². The average Bonchev–Trinajstić information content (AvgIpc) is 2.50. The normalized spacial score (nSPS) is 10.5. The molecule has 21 heavy (non-hydrogen) atoms. The second-order valence-electron chi connectivity index (χ2n) is 4.25. The molecule has 2 rings (SSSR count). The van der Waals surface area contributed by atoms with Crippen LogP contribution in [0.2, 0.25) is 10.0 Å². The molecular formula is C16H14Cl2O2S. The Labute approximate surface area is 138 Å². The van der Waals surface area contributed by atoms with Crippen LogP contribution in [0.3, 0.4) is 0 Å². The number of thioether (sulfide) groups is 1. The van der Waals surface area contributed by atoms with Crippen LogP contribution in [0, 0.1) is 0 Å². The maximum atomic E-state index is 12.5. The van der Waals surface area contributed by atoms with Crippen LogP contribution in [0.5, 0.6) is 5.75 Å². The summed E-state index contributed by atoms with van der Waals surface area (Å²) >= 11 is 13.9. The van der Waals surface area contributed by atoms with Crippen molar-refractivity contribution in [3.63, 3.8) is 0 Å². The molecule has 2 aromatic carbocycles. The van der Waals surface area contributed by atoms with Gasteiger partial charge in [-0.3, -0.25) is 4.79 Å². The Morgan fingerprint density at radius 3 is 2.38 bits per heavy atom. The summed E-state index contributed by atoms with van der Waals surface area (Å²) < 4.78 is 5.36. The number of ketones is 1. The molecule has 0 aliphatic carbocycles. The van der Waals surface area contributed by atoms with E-state index in [9.17, 15) is 4.79 Å². The zero-order valence-corrected chi connectivity index (χ0v) is 14.0. The van der Waals surface area contributed by atoms with E-state index in [1.54, 1.807) is 36.0 Å². The van der Waals surface area contributed by atoms with Gasteiger partial charge in [0.1, 0.15) is 5.75 Å². The van der Waals surface area contributed by atoms with Gasteiger partial charge in [0.05, 0.1) is 16.7 Å². The van der Waals surface area contributed by atoms with Gasteiger partial charge in [0.25, 0.3) is 0 Å². The van der Waals surface area contributed by atoms with E-state index in [-0.39, 0.29) is 5.78 Å². The summed E-state index contributed by atoms with van der Waals surface area (Å²) in [5, 5.41) is 0.715. The topological polar surface area (TPSA) is 26.3 Å². The largest absolute Gasteiger partial charge is 0.492 e. The second kappa shape index (κ2) is 7.21. The summed E-state index contributed by atoms with van der Waals surface area (Å²) in [5.41, 5.74) is 0.956. The van der Waals surface area contributed by atoms with E-state index in [0.29, 0.717) is 33.5 Å². The highest BCUT2D eigenvalue weighted by Crippen LogP contribution is 2.32. The third-order valence-electron chi connectivity index (χ3n) is 2.92. The number of hydrogen-bond acceptors (Lipinski definition) is 3. The fraction of sp³-hybridized carbons (Fsp3) is 0.188. The van der Waals surface area contributed by atoms with E-state index in [4.69, 9.17) is 27.9 Å². The first kappa shape index (κ1) is 16.2. The lowest BCUT2D eigenvalue weighted by atomic mass is 10.0. The van der Waals surface area contributed by atoms with Gasteiger partial charge >= 0.3 is 0 Å². The molecule has 0 saturated carbocycles. The van der Waals surface area contributed by atoms with E-state index in [1.807, 2.05) is 25.3 Å². The van der Waals surface area contributed by atoms with E-state index in [0.717, 1.165) is 4.90 Å². The lowest BCUT2D eigenvalue weighted by Crippen LogP contribution is -2.03. The maximum Gasteiger partial charge on any atom is 0.194 e. The molecule has 0 radical (unpaired) electrons. The van der Waals surface area contributed by atoms with Crippen molar-refractivity contribution in [1.82, 2.24) is 0 Å². The number of hydrogen-bond donors (Lipinski definition) is 0. The first-order valence-corrected chi connectivity index (χ1v) is 8.35. The lowest BCUT2D eigenvalue weighted by molar-refractivity contribution is 0.103. The van der Waals surface area contributed by atoms with Crippen molar-refractivity contribution in [2.24, 2.45) is 0 Å². The minimum absolute atomic E-state index is 0.155. The van der Waals surface area contributed by atoms with Gasteiger partial charge in [-0.2, -0.15) is 0 Å². The van der Waals surface area contributed by atoms with Crippen molar-refractivity contribution in [3.05, 3.63) is 57.6 Å². The molecule has 0 aliphatic heterocycles. The minimum atomic E-state index is -0.155. The monoisotopic (exact) mass is 340 g/mol. The maximum absolute atomic E-state index is 12.5. The van der Waals surface area contributed by atoms with Crippen molar-refractivity contribution in [1.29, 1.82) is 0 Å². The SMILES string of the molecule is CCOc1cc(Cl)c(C(=O)c2ccc(SC)cc2)cc1Cl. The Balaban J connectivity index is 2.36.